The highest BCUT2D eigenvalue weighted by atomic mass is 32.1. The number of carbonyl (C=O) groups excluding carboxylic acids is 1. The summed E-state index contributed by atoms with van der Waals surface area (Å²) in [5, 5.41) is 18.4. The molecule has 1 saturated heterocycles. The number of fused-ring (bicyclic) bond motifs is 1. The first-order chi connectivity index (χ1) is 15.8. The third-order valence-corrected chi connectivity index (χ3v) is 6.67. The molecule has 0 saturated carbocycles. The lowest BCUT2D eigenvalue weighted by atomic mass is 9.82. The standard InChI is InChI=1S/C25H30N4O3S/c1-4-18-7-5-6-16(2)23(18)26-24(33)28-27-21-15-25(10-12-29(13-11-25)17(3)30)32-22-9-8-19(31)14-20(21)22/h5-9,14,31H,4,10-13,15H2,1-3H3,(H2,26,28,33)/b27-21+. The molecule has 1 spiro atoms. The smallest absolute Gasteiger partial charge is 0.219 e. The minimum Gasteiger partial charge on any atom is -0.508 e. The summed E-state index contributed by atoms with van der Waals surface area (Å²) in [5.74, 6) is 0.920. The molecule has 0 aliphatic carbocycles. The Balaban J connectivity index is 1.56. The van der Waals surface area contributed by atoms with Gasteiger partial charge in [0.15, 0.2) is 5.11 Å². The van der Waals surface area contributed by atoms with Crippen molar-refractivity contribution in [2.75, 3.05) is 18.4 Å². The normalized spacial score (nSPS) is 17.9. The van der Waals surface area contributed by atoms with Gasteiger partial charge in [0, 0.05) is 50.5 Å². The van der Waals surface area contributed by atoms with Crippen LogP contribution >= 0.6 is 12.2 Å². The second-order valence-electron chi connectivity index (χ2n) is 8.74. The van der Waals surface area contributed by atoms with Crippen LogP contribution in [0.3, 0.4) is 0 Å². The zero-order valence-electron chi connectivity index (χ0n) is 19.3. The van der Waals surface area contributed by atoms with Gasteiger partial charge in [0.2, 0.25) is 5.91 Å². The maximum absolute atomic E-state index is 11.8. The van der Waals surface area contributed by atoms with Crippen molar-refractivity contribution in [1.82, 2.24) is 10.3 Å². The first kappa shape index (κ1) is 23.0. The number of nitrogens with zero attached hydrogens (tertiary/aromatic N) is 2. The Kier molecular flexibility index (Phi) is 6.56. The number of benzene rings is 2. The minimum absolute atomic E-state index is 0.0839. The largest absolute Gasteiger partial charge is 0.508 e. The Labute approximate surface area is 199 Å². The van der Waals surface area contributed by atoms with Crippen molar-refractivity contribution in [2.24, 2.45) is 5.10 Å². The Hall–Kier alpha value is -3.13. The summed E-state index contributed by atoms with van der Waals surface area (Å²) in [4.78, 5) is 13.6. The first-order valence-electron chi connectivity index (χ1n) is 11.3. The molecule has 0 aromatic heterocycles. The lowest BCUT2D eigenvalue weighted by Crippen LogP contribution is -2.52. The van der Waals surface area contributed by atoms with Gasteiger partial charge in [0.25, 0.3) is 0 Å². The van der Waals surface area contributed by atoms with Crippen molar-refractivity contribution >= 4 is 34.6 Å². The van der Waals surface area contributed by atoms with Crippen molar-refractivity contribution in [3.05, 3.63) is 53.1 Å². The van der Waals surface area contributed by atoms with Crippen molar-refractivity contribution in [3.8, 4) is 11.5 Å². The van der Waals surface area contributed by atoms with Crippen LogP contribution in [0.5, 0.6) is 11.5 Å². The van der Waals surface area contributed by atoms with E-state index in [4.69, 9.17) is 17.0 Å². The molecule has 1 fully saturated rings. The van der Waals surface area contributed by atoms with Crippen molar-refractivity contribution in [3.63, 3.8) is 0 Å². The molecule has 0 atom stereocenters. The molecule has 3 N–H and O–H groups in total. The van der Waals surface area contributed by atoms with Gasteiger partial charge in [0.1, 0.15) is 17.1 Å². The number of piperidine rings is 1. The topological polar surface area (TPSA) is 86.2 Å². The molecular formula is C25H30N4O3S. The van der Waals surface area contributed by atoms with E-state index in [0.717, 1.165) is 41.8 Å². The number of amides is 1. The number of ether oxygens (including phenoxy) is 1. The van der Waals surface area contributed by atoms with E-state index in [9.17, 15) is 9.90 Å². The molecule has 0 radical (unpaired) electrons. The molecule has 2 aliphatic heterocycles. The molecule has 4 rings (SSSR count). The maximum atomic E-state index is 11.8. The molecule has 33 heavy (non-hydrogen) atoms. The third kappa shape index (κ3) is 4.95. The van der Waals surface area contributed by atoms with Crippen LogP contribution in [-0.2, 0) is 11.2 Å². The van der Waals surface area contributed by atoms with E-state index in [1.165, 1.54) is 5.56 Å². The van der Waals surface area contributed by atoms with Gasteiger partial charge in [-0.1, -0.05) is 25.1 Å². The van der Waals surface area contributed by atoms with Crippen LogP contribution in [0.15, 0.2) is 41.5 Å². The third-order valence-electron chi connectivity index (χ3n) is 6.48. The van der Waals surface area contributed by atoms with Crippen LogP contribution in [0.1, 0.15) is 49.8 Å². The number of aromatic hydroxyl groups is 1. The summed E-state index contributed by atoms with van der Waals surface area (Å²) in [6.07, 6.45) is 2.90. The predicted molar refractivity (Wildman–Crippen MR) is 134 cm³/mol. The fourth-order valence-corrected chi connectivity index (χ4v) is 4.72. The van der Waals surface area contributed by atoms with Gasteiger partial charge in [-0.3, -0.25) is 10.2 Å². The molecule has 8 heteroatoms. The van der Waals surface area contributed by atoms with E-state index in [1.54, 1.807) is 25.1 Å². The van der Waals surface area contributed by atoms with Crippen molar-refractivity contribution in [1.29, 1.82) is 0 Å². The van der Waals surface area contributed by atoms with E-state index < -0.39 is 5.60 Å². The predicted octanol–water partition coefficient (Wildman–Crippen LogP) is 4.12. The van der Waals surface area contributed by atoms with Crippen LogP contribution in [0.25, 0.3) is 0 Å². The highest BCUT2D eigenvalue weighted by Gasteiger charge is 2.42. The fourth-order valence-electron chi connectivity index (χ4n) is 4.57. The summed E-state index contributed by atoms with van der Waals surface area (Å²) in [6.45, 7) is 7.05. The molecular weight excluding hydrogens is 436 g/mol. The molecule has 2 aromatic carbocycles. The van der Waals surface area contributed by atoms with Crippen molar-refractivity contribution in [2.45, 2.75) is 52.1 Å². The van der Waals surface area contributed by atoms with Gasteiger partial charge >= 0.3 is 0 Å². The second-order valence-corrected chi connectivity index (χ2v) is 9.14. The number of aryl methyl sites for hydroxylation is 2. The van der Waals surface area contributed by atoms with Crippen molar-refractivity contribution < 1.29 is 14.6 Å². The summed E-state index contributed by atoms with van der Waals surface area (Å²) < 4.78 is 6.42. The SMILES string of the molecule is CCc1cccc(C)c1NC(=S)N/N=C1\CC2(CCN(C(C)=O)CC2)Oc2ccc(O)cc21. The number of carbonyl (C=O) groups is 1. The number of hydrogen-bond acceptors (Lipinski definition) is 5. The Morgan fingerprint density at radius 1 is 1.27 bits per heavy atom. The second kappa shape index (κ2) is 9.39. The molecule has 0 unspecified atom stereocenters. The zero-order chi connectivity index (χ0) is 23.6. The number of hydrazone groups is 1. The van der Waals surface area contributed by atoms with Gasteiger partial charge in [-0.15, -0.1) is 0 Å². The summed E-state index contributed by atoms with van der Waals surface area (Å²) in [5.41, 5.74) is 7.37. The van der Waals surface area contributed by atoms with E-state index in [1.807, 2.05) is 24.0 Å². The quantitative estimate of drug-likeness (QED) is 0.466. The van der Waals surface area contributed by atoms with E-state index in [2.05, 4.69) is 28.8 Å². The molecule has 7 nitrogen and oxygen atoms in total. The summed E-state index contributed by atoms with van der Waals surface area (Å²) >= 11 is 5.53. The number of anilines is 1. The monoisotopic (exact) mass is 466 g/mol. The summed E-state index contributed by atoms with van der Waals surface area (Å²) in [6, 6.07) is 11.2. The number of phenolic OH excluding ortho intramolecular Hbond substituents is 1. The average molecular weight is 467 g/mol. The first-order valence-corrected chi connectivity index (χ1v) is 11.7. The average Bonchev–Trinajstić information content (AvgIpc) is 2.79. The van der Waals surface area contributed by atoms with Crippen LogP contribution in [0.2, 0.25) is 0 Å². The van der Waals surface area contributed by atoms with E-state index >= 15 is 0 Å². The number of rotatable bonds is 3. The number of likely N-dealkylation sites (tertiary alicyclic amines) is 1. The van der Waals surface area contributed by atoms with Gasteiger partial charge < -0.3 is 20.1 Å². The number of phenols is 1. The molecule has 2 heterocycles. The number of thiocarbonyl (C=S) groups is 1. The van der Waals surface area contributed by atoms with Crippen LogP contribution in [-0.4, -0.2) is 45.4 Å². The molecule has 174 valence electrons. The molecule has 1 amide bonds. The number of para-hydroxylation sites is 1. The Morgan fingerprint density at radius 3 is 2.73 bits per heavy atom. The molecule has 2 aromatic rings. The van der Waals surface area contributed by atoms with Gasteiger partial charge in [-0.2, -0.15) is 5.10 Å². The lowest BCUT2D eigenvalue weighted by Gasteiger charge is -2.44. The highest BCUT2D eigenvalue weighted by molar-refractivity contribution is 7.80. The molecule has 0 bridgehead atoms. The van der Waals surface area contributed by atoms with Gasteiger partial charge in [-0.05, 0) is 54.9 Å². The summed E-state index contributed by atoms with van der Waals surface area (Å²) in [7, 11) is 0. The van der Waals surface area contributed by atoms with Crippen LogP contribution < -0.4 is 15.5 Å². The Morgan fingerprint density at radius 2 is 2.03 bits per heavy atom. The zero-order valence-corrected chi connectivity index (χ0v) is 20.1. The Bertz CT molecular complexity index is 1110. The van der Waals surface area contributed by atoms with E-state index in [-0.39, 0.29) is 11.7 Å². The number of hydrogen-bond donors (Lipinski definition) is 3. The number of nitrogens with one attached hydrogen (secondary N) is 2. The van der Waals surface area contributed by atoms with Crippen LogP contribution in [0.4, 0.5) is 5.69 Å². The highest BCUT2D eigenvalue weighted by Crippen LogP contribution is 2.40. The molecule has 2 aliphatic rings. The van der Waals surface area contributed by atoms with Gasteiger partial charge in [0.05, 0.1) is 5.71 Å². The van der Waals surface area contributed by atoms with Crippen LogP contribution in [0, 0.1) is 6.92 Å². The van der Waals surface area contributed by atoms with Gasteiger partial charge in [-0.25, -0.2) is 0 Å². The van der Waals surface area contributed by atoms with E-state index in [0.29, 0.717) is 30.4 Å². The minimum atomic E-state index is -0.434. The maximum Gasteiger partial charge on any atom is 0.219 e. The lowest BCUT2D eigenvalue weighted by molar-refractivity contribution is -0.132. The fraction of sp³-hybridized carbons (Fsp3) is 0.400.